The molecule has 47 heavy (non-hydrogen) atoms. The Kier molecular flexibility index (Phi) is 35.8. The number of hydrogen-bond acceptors (Lipinski definition) is 4. The Balaban J connectivity index is 3.74. The third-order valence-electron chi connectivity index (χ3n) is 8.87. The van der Waals surface area contributed by atoms with Crippen LogP contribution in [0.1, 0.15) is 187 Å². The van der Waals surface area contributed by atoms with Crippen LogP contribution >= 0.6 is 0 Å². The van der Waals surface area contributed by atoms with Gasteiger partial charge in [-0.05, 0) is 64.2 Å². The Morgan fingerprint density at radius 2 is 0.894 bits per heavy atom. The van der Waals surface area contributed by atoms with Crippen LogP contribution in [-0.2, 0) is 4.79 Å². The van der Waals surface area contributed by atoms with Crippen molar-refractivity contribution in [3.8, 4) is 0 Å². The lowest BCUT2D eigenvalue weighted by molar-refractivity contribution is -0.131. The van der Waals surface area contributed by atoms with Crippen molar-refractivity contribution in [1.82, 2.24) is 5.32 Å². The largest absolute Gasteiger partial charge is 0.394 e. The highest BCUT2D eigenvalue weighted by Crippen LogP contribution is 2.14. The van der Waals surface area contributed by atoms with Crippen LogP contribution in [0.2, 0.25) is 0 Å². The summed E-state index contributed by atoms with van der Waals surface area (Å²) in [6.07, 6.45) is 47.3. The maximum Gasteiger partial charge on any atom is 0.249 e. The van der Waals surface area contributed by atoms with Crippen molar-refractivity contribution in [1.29, 1.82) is 0 Å². The normalized spacial score (nSPS) is 14.2. The summed E-state index contributed by atoms with van der Waals surface area (Å²) < 4.78 is 0. The minimum absolute atomic E-state index is 0.386. The molecule has 0 rings (SSSR count). The number of aliphatic hydroxyl groups is 3. The molecule has 0 fully saturated rings. The zero-order valence-corrected chi connectivity index (χ0v) is 30.9. The standard InChI is InChI=1S/C42H77NO4/c1-3-5-7-9-11-13-14-15-16-17-18-19-20-21-22-23-24-25-26-27-29-30-32-34-36-40(45)39(38-44)43-42(47)41(46)37-35-33-31-28-12-10-8-6-4-2/h10,12,23-24,27,29,34,36,39-41,44-46H,3-9,11,13-22,25-26,28,30-33,35,37-38H2,1-2H3,(H,43,47)/b12-10-,24-23+,29-27+,36-34+. The topological polar surface area (TPSA) is 89.8 Å². The van der Waals surface area contributed by atoms with E-state index in [1.807, 2.05) is 6.08 Å². The molecule has 3 unspecified atom stereocenters. The molecule has 0 aromatic heterocycles. The molecule has 0 heterocycles. The zero-order valence-electron chi connectivity index (χ0n) is 30.9. The highest BCUT2D eigenvalue weighted by molar-refractivity contribution is 5.80. The van der Waals surface area contributed by atoms with Crippen LogP contribution in [-0.4, -0.2) is 46.1 Å². The summed E-state index contributed by atoms with van der Waals surface area (Å²) in [4.78, 5) is 12.3. The van der Waals surface area contributed by atoms with Crippen LogP contribution in [0.3, 0.4) is 0 Å². The van der Waals surface area contributed by atoms with Gasteiger partial charge in [0, 0.05) is 0 Å². The first-order valence-electron chi connectivity index (χ1n) is 20.0. The molecule has 0 aromatic rings. The molecule has 0 saturated heterocycles. The lowest BCUT2D eigenvalue weighted by atomic mass is 10.0. The monoisotopic (exact) mass is 660 g/mol. The van der Waals surface area contributed by atoms with Crippen LogP contribution in [0.25, 0.3) is 0 Å². The van der Waals surface area contributed by atoms with E-state index in [1.54, 1.807) is 6.08 Å². The highest BCUT2D eigenvalue weighted by atomic mass is 16.3. The van der Waals surface area contributed by atoms with Crippen molar-refractivity contribution >= 4 is 5.91 Å². The third kappa shape index (κ3) is 32.6. The first-order chi connectivity index (χ1) is 23.1. The van der Waals surface area contributed by atoms with Crippen molar-refractivity contribution in [3.05, 3.63) is 48.6 Å². The molecule has 0 spiro atoms. The summed E-state index contributed by atoms with van der Waals surface area (Å²) in [6, 6.07) is -0.825. The molecule has 1 amide bonds. The Bertz CT molecular complexity index is 775. The van der Waals surface area contributed by atoms with Gasteiger partial charge >= 0.3 is 0 Å². The fraction of sp³-hybridized carbons (Fsp3) is 0.786. The summed E-state index contributed by atoms with van der Waals surface area (Å²) in [5, 5.41) is 32.8. The molecule has 4 N–H and O–H groups in total. The molecule has 0 aromatic carbocycles. The smallest absolute Gasteiger partial charge is 0.249 e. The maximum atomic E-state index is 12.3. The summed E-state index contributed by atoms with van der Waals surface area (Å²) in [7, 11) is 0. The Labute approximate surface area is 291 Å². The summed E-state index contributed by atoms with van der Waals surface area (Å²) in [5.41, 5.74) is 0. The second-order valence-corrected chi connectivity index (χ2v) is 13.5. The Morgan fingerprint density at radius 3 is 1.36 bits per heavy atom. The Hall–Kier alpha value is -1.69. The van der Waals surface area contributed by atoms with Gasteiger partial charge in [0.15, 0.2) is 0 Å². The lowest BCUT2D eigenvalue weighted by Crippen LogP contribution is -2.48. The van der Waals surface area contributed by atoms with Crippen LogP contribution in [0.4, 0.5) is 0 Å². The number of amides is 1. The van der Waals surface area contributed by atoms with Crippen LogP contribution in [0.15, 0.2) is 48.6 Å². The van der Waals surface area contributed by atoms with Gasteiger partial charge in [0.2, 0.25) is 5.91 Å². The van der Waals surface area contributed by atoms with E-state index in [-0.39, 0.29) is 6.61 Å². The van der Waals surface area contributed by atoms with E-state index in [4.69, 9.17) is 0 Å². The van der Waals surface area contributed by atoms with Crippen molar-refractivity contribution in [2.45, 2.75) is 205 Å². The first-order valence-corrected chi connectivity index (χ1v) is 20.0. The molecule has 0 aliphatic heterocycles. The number of unbranched alkanes of at least 4 members (excludes halogenated alkanes) is 21. The van der Waals surface area contributed by atoms with Gasteiger partial charge in [-0.15, -0.1) is 0 Å². The number of carbonyl (C=O) groups is 1. The molecule has 0 aliphatic rings. The molecular formula is C42H77NO4. The molecule has 0 saturated carbocycles. The fourth-order valence-electron chi connectivity index (χ4n) is 5.67. The number of aliphatic hydroxyl groups excluding tert-OH is 3. The van der Waals surface area contributed by atoms with Crippen LogP contribution < -0.4 is 5.32 Å². The van der Waals surface area contributed by atoms with Crippen molar-refractivity contribution in [2.24, 2.45) is 0 Å². The van der Waals surface area contributed by atoms with E-state index in [0.717, 1.165) is 57.8 Å². The van der Waals surface area contributed by atoms with Gasteiger partial charge in [-0.25, -0.2) is 0 Å². The number of nitrogens with one attached hydrogen (secondary N) is 1. The number of rotatable bonds is 35. The van der Waals surface area contributed by atoms with E-state index in [9.17, 15) is 20.1 Å². The summed E-state index contributed by atoms with van der Waals surface area (Å²) in [6.45, 7) is 4.09. The molecule has 3 atom stereocenters. The zero-order chi connectivity index (χ0) is 34.5. The van der Waals surface area contributed by atoms with E-state index in [2.05, 4.69) is 55.6 Å². The second-order valence-electron chi connectivity index (χ2n) is 13.5. The fourth-order valence-corrected chi connectivity index (χ4v) is 5.67. The van der Waals surface area contributed by atoms with Crippen molar-refractivity contribution in [2.75, 3.05) is 6.61 Å². The molecule has 0 radical (unpaired) electrons. The van der Waals surface area contributed by atoms with Gasteiger partial charge < -0.3 is 20.6 Å². The minimum atomic E-state index is -1.12. The van der Waals surface area contributed by atoms with Gasteiger partial charge in [-0.2, -0.15) is 0 Å². The molecule has 0 bridgehead atoms. The minimum Gasteiger partial charge on any atom is -0.394 e. The van der Waals surface area contributed by atoms with E-state index >= 15 is 0 Å². The quantitative estimate of drug-likeness (QED) is 0.0402. The molecule has 0 aliphatic carbocycles. The van der Waals surface area contributed by atoms with E-state index in [1.165, 1.54) is 109 Å². The molecular weight excluding hydrogens is 582 g/mol. The third-order valence-corrected chi connectivity index (χ3v) is 8.87. The Morgan fingerprint density at radius 1 is 0.511 bits per heavy atom. The number of hydrogen-bond donors (Lipinski definition) is 4. The summed E-state index contributed by atoms with van der Waals surface area (Å²) >= 11 is 0. The maximum absolute atomic E-state index is 12.3. The van der Waals surface area contributed by atoms with Crippen LogP contribution in [0, 0.1) is 0 Å². The average Bonchev–Trinajstić information content (AvgIpc) is 3.07. The highest BCUT2D eigenvalue weighted by Gasteiger charge is 2.22. The van der Waals surface area contributed by atoms with Gasteiger partial charge in [0.1, 0.15) is 6.10 Å². The second kappa shape index (κ2) is 37.1. The predicted octanol–water partition coefficient (Wildman–Crippen LogP) is 11.0. The number of allylic oxidation sites excluding steroid dienone is 7. The first kappa shape index (κ1) is 45.3. The summed E-state index contributed by atoms with van der Waals surface area (Å²) in [5.74, 6) is -0.535. The van der Waals surface area contributed by atoms with Gasteiger partial charge in [-0.1, -0.05) is 172 Å². The van der Waals surface area contributed by atoms with Gasteiger partial charge in [0.25, 0.3) is 0 Å². The molecule has 5 heteroatoms. The molecule has 5 nitrogen and oxygen atoms in total. The van der Waals surface area contributed by atoms with Crippen LogP contribution in [0.5, 0.6) is 0 Å². The van der Waals surface area contributed by atoms with E-state index in [0.29, 0.717) is 6.42 Å². The predicted molar refractivity (Wildman–Crippen MR) is 204 cm³/mol. The van der Waals surface area contributed by atoms with E-state index < -0.39 is 24.2 Å². The van der Waals surface area contributed by atoms with Gasteiger partial charge in [-0.3, -0.25) is 4.79 Å². The van der Waals surface area contributed by atoms with Crippen molar-refractivity contribution in [3.63, 3.8) is 0 Å². The van der Waals surface area contributed by atoms with Crippen molar-refractivity contribution < 1.29 is 20.1 Å². The molecule has 274 valence electrons. The average molecular weight is 660 g/mol. The number of carbonyl (C=O) groups excluding carboxylic acids is 1. The lowest BCUT2D eigenvalue weighted by Gasteiger charge is -2.21. The van der Waals surface area contributed by atoms with Gasteiger partial charge in [0.05, 0.1) is 18.8 Å². The SMILES string of the molecule is CCCC/C=C\CCCCCC(O)C(=O)NC(CO)C(O)/C=C/CC/C=C/CC/C=C/CCCCCCCCCCCCCCCC.